The maximum absolute atomic E-state index is 9.67. The Bertz CT molecular complexity index is 567. The number of aromatic hydroxyl groups is 1. The maximum atomic E-state index is 9.67. The Hall–Kier alpha value is -1.88. The second-order valence-corrected chi connectivity index (χ2v) is 5.03. The van der Waals surface area contributed by atoms with E-state index in [9.17, 15) is 5.11 Å². The van der Waals surface area contributed by atoms with Crippen LogP contribution in [0.5, 0.6) is 5.75 Å². The van der Waals surface area contributed by atoms with Gasteiger partial charge in [0.1, 0.15) is 5.75 Å². The third-order valence-corrected chi connectivity index (χ3v) is 3.37. The van der Waals surface area contributed by atoms with Crippen molar-refractivity contribution in [1.82, 2.24) is 4.98 Å². The minimum absolute atomic E-state index is 0.343. The van der Waals surface area contributed by atoms with Gasteiger partial charge in [-0.3, -0.25) is 5.43 Å². The maximum Gasteiger partial charge on any atom is 0.203 e. The predicted molar refractivity (Wildman–Crippen MR) is 75.6 cm³/mol. The predicted octanol–water partition coefficient (Wildman–Crippen LogP) is 3.22. The van der Waals surface area contributed by atoms with Crippen LogP contribution in [-0.2, 0) is 0 Å². The van der Waals surface area contributed by atoms with Crippen LogP contribution in [0.4, 0.5) is 5.13 Å². The van der Waals surface area contributed by atoms with Gasteiger partial charge in [-0.1, -0.05) is 0 Å². The lowest BCUT2D eigenvalue weighted by molar-refractivity contribution is 0.467. The van der Waals surface area contributed by atoms with Crippen molar-refractivity contribution in [1.29, 1.82) is 0 Å². The number of hydrogen-bond acceptors (Lipinski definition) is 5. The Labute approximate surface area is 110 Å². The Morgan fingerprint density at radius 2 is 1.94 bits per heavy atom. The fourth-order valence-electron chi connectivity index (χ4n) is 1.63. The summed E-state index contributed by atoms with van der Waals surface area (Å²) in [7, 11) is 0. The summed E-state index contributed by atoms with van der Waals surface area (Å²) in [6.07, 6.45) is 1.72. The van der Waals surface area contributed by atoms with E-state index < -0.39 is 0 Å². The molecule has 0 saturated heterocycles. The second kappa shape index (κ2) is 5.18. The fraction of sp³-hybridized carbons (Fsp3) is 0.231. The molecule has 2 rings (SSSR count). The molecule has 0 bridgehead atoms. The van der Waals surface area contributed by atoms with E-state index in [-0.39, 0.29) is 0 Å². The summed E-state index contributed by atoms with van der Waals surface area (Å²) in [4.78, 5) is 4.24. The van der Waals surface area contributed by atoms with Crippen molar-refractivity contribution in [2.24, 2.45) is 5.10 Å². The molecule has 0 unspecified atom stereocenters. The molecule has 0 spiro atoms. The first-order valence-corrected chi connectivity index (χ1v) is 6.45. The van der Waals surface area contributed by atoms with Gasteiger partial charge in [0, 0.05) is 5.38 Å². The number of aryl methyl sites for hydroxylation is 3. The molecule has 5 heteroatoms. The number of nitrogens with one attached hydrogen (secondary N) is 1. The summed E-state index contributed by atoms with van der Waals surface area (Å²) in [5.41, 5.74) is 6.51. The number of anilines is 1. The zero-order valence-electron chi connectivity index (χ0n) is 10.6. The molecule has 18 heavy (non-hydrogen) atoms. The molecule has 0 saturated carbocycles. The van der Waals surface area contributed by atoms with Crippen molar-refractivity contribution in [3.05, 3.63) is 39.9 Å². The van der Waals surface area contributed by atoms with Gasteiger partial charge in [0.25, 0.3) is 0 Å². The molecule has 1 aromatic carbocycles. The molecule has 0 aliphatic rings. The van der Waals surface area contributed by atoms with E-state index in [0.29, 0.717) is 5.75 Å². The number of aromatic nitrogens is 1. The number of phenols is 1. The number of hydrogen-bond donors (Lipinski definition) is 2. The van der Waals surface area contributed by atoms with Crippen molar-refractivity contribution in [3.63, 3.8) is 0 Å². The monoisotopic (exact) mass is 261 g/mol. The Morgan fingerprint density at radius 3 is 2.50 bits per heavy atom. The number of benzene rings is 1. The van der Waals surface area contributed by atoms with E-state index in [2.05, 4.69) is 15.5 Å². The number of hydrazone groups is 1. The average Bonchev–Trinajstić information content (AvgIpc) is 2.72. The van der Waals surface area contributed by atoms with Crippen LogP contribution in [0.15, 0.2) is 22.6 Å². The van der Waals surface area contributed by atoms with Gasteiger partial charge in [0.2, 0.25) is 5.13 Å². The largest absolute Gasteiger partial charge is 0.507 e. The summed E-state index contributed by atoms with van der Waals surface area (Å²) >= 11 is 1.52. The molecule has 1 aromatic heterocycles. The molecule has 94 valence electrons. The van der Waals surface area contributed by atoms with E-state index in [0.717, 1.165) is 27.5 Å². The lowest BCUT2D eigenvalue weighted by Gasteiger charge is -2.04. The average molecular weight is 261 g/mol. The number of rotatable bonds is 3. The van der Waals surface area contributed by atoms with Crippen molar-refractivity contribution in [2.75, 3.05) is 5.43 Å². The van der Waals surface area contributed by atoms with E-state index >= 15 is 0 Å². The quantitative estimate of drug-likeness (QED) is 0.659. The lowest BCUT2D eigenvalue weighted by atomic mass is 10.1. The normalized spacial score (nSPS) is 11.1. The molecule has 4 nitrogen and oxygen atoms in total. The Balaban J connectivity index is 2.09. The highest BCUT2D eigenvalue weighted by molar-refractivity contribution is 7.13. The summed E-state index contributed by atoms with van der Waals surface area (Å²) in [5.74, 6) is 0.343. The van der Waals surface area contributed by atoms with Gasteiger partial charge in [0.05, 0.1) is 11.9 Å². The number of thiazole rings is 1. The molecule has 0 aliphatic carbocycles. The van der Waals surface area contributed by atoms with Crippen LogP contribution >= 0.6 is 11.3 Å². The highest BCUT2D eigenvalue weighted by atomic mass is 32.1. The van der Waals surface area contributed by atoms with Gasteiger partial charge in [-0.15, -0.1) is 11.3 Å². The molecule has 2 aromatic rings. The van der Waals surface area contributed by atoms with Crippen molar-refractivity contribution in [3.8, 4) is 5.75 Å². The van der Waals surface area contributed by atoms with E-state index in [1.807, 2.05) is 38.3 Å². The third-order valence-electron chi connectivity index (χ3n) is 2.51. The molecule has 0 fully saturated rings. The van der Waals surface area contributed by atoms with Crippen molar-refractivity contribution >= 4 is 22.7 Å². The van der Waals surface area contributed by atoms with Gasteiger partial charge in [-0.2, -0.15) is 5.10 Å². The molecule has 2 N–H and O–H groups in total. The Kier molecular flexibility index (Phi) is 3.62. The van der Waals surface area contributed by atoms with Crippen molar-refractivity contribution < 1.29 is 5.11 Å². The van der Waals surface area contributed by atoms with Crippen molar-refractivity contribution in [2.45, 2.75) is 20.8 Å². The van der Waals surface area contributed by atoms with Gasteiger partial charge >= 0.3 is 0 Å². The minimum Gasteiger partial charge on any atom is -0.507 e. The zero-order chi connectivity index (χ0) is 13.1. The topological polar surface area (TPSA) is 57.5 Å². The molecule has 1 heterocycles. The molecule has 0 aliphatic heterocycles. The first-order valence-electron chi connectivity index (χ1n) is 5.57. The van der Waals surface area contributed by atoms with Gasteiger partial charge in [0.15, 0.2) is 0 Å². The van der Waals surface area contributed by atoms with E-state index in [1.54, 1.807) is 6.21 Å². The third kappa shape index (κ3) is 2.87. The lowest BCUT2D eigenvalue weighted by Crippen LogP contribution is -1.92. The van der Waals surface area contributed by atoms with Crippen LogP contribution in [0.25, 0.3) is 0 Å². The molecule has 0 amide bonds. The SMILES string of the molecule is Cc1csc(NN=Cc2cc(C)c(O)c(C)c2)n1. The van der Waals surface area contributed by atoms with Gasteiger partial charge < -0.3 is 5.11 Å². The molecule has 0 atom stereocenters. The molecule has 0 radical (unpaired) electrons. The summed E-state index contributed by atoms with van der Waals surface area (Å²) in [6.45, 7) is 5.69. The van der Waals surface area contributed by atoms with Crippen LogP contribution in [-0.4, -0.2) is 16.3 Å². The van der Waals surface area contributed by atoms with E-state index in [4.69, 9.17) is 0 Å². The van der Waals surface area contributed by atoms with Crippen LogP contribution in [0.3, 0.4) is 0 Å². The molecular formula is C13H15N3OS. The standard InChI is InChI=1S/C13H15N3OS/c1-8-4-11(5-9(2)12(8)17)6-14-16-13-15-10(3)7-18-13/h4-7,17H,1-3H3,(H,15,16). The van der Waals surface area contributed by atoms with Crippen LogP contribution < -0.4 is 5.43 Å². The molecular weight excluding hydrogens is 246 g/mol. The number of phenolic OH excluding ortho intramolecular Hbond substituents is 1. The summed E-state index contributed by atoms with van der Waals surface area (Å²) in [6, 6.07) is 3.78. The number of nitrogens with zero attached hydrogens (tertiary/aromatic N) is 2. The smallest absolute Gasteiger partial charge is 0.203 e. The summed E-state index contributed by atoms with van der Waals surface area (Å²) < 4.78 is 0. The zero-order valence-corrected chi connectivity index (χ0v) is 11.4. The first-order chi connectivity index (χ1) is 8.56. The van der Waals surface area contributed by atoms with Gasteiger partial charge in [-0.25, -0.2) is 4.98 Å². The highest BCUT2D eigenvalue weighted by Crippen LogP contribution is 2.22. The fourth-order valence-corrected chi connectivity index (χ4v) is 2.27. The Morgan fingerprint density at radius 1 is 1.28 bits per heavy atom. The van der Waals surface area contributed by atoms with Crippen LogP contribution in [0.2, 0.25) is 0 Å². The second-order valence-electron chi connectivity index (χ2n) is 4.17. The van der Waals surface area contributed by atoms with E-state index in [1.165, 1.54) is 11.3 Å². The first kappa shape index (κ1) is 12.6. The minimum atomic E-state index is 0.343. The highest BCUT2D eigenvalue weighted by Gasteiger charge is 2.01. The summed E-state index contributed by atoms with van der Waals surface area (Å²) in [5, 5.41) is 16.5. The van der Waals surface area contributed by atoms with Crippen LogP contribution in [0.1, 0.15) is 22.4 Å². The van der Waals surface area contributed by atoms with Gasteiger partial charge in [-0.05, 0) is 49.6 Å². The van der Waals surface area contributed by atoms with Crippen LogP contribution in [0, 0.1) is 20.8 Å².